The van der Waals surface area contributed by atoms with Crippen LogP contribution < -0.4 is 10.2 Å². The first-order chi connectivity index (χ1) is 8.85. The Balaban J connectivity index is 2.15. The molecule has 0 atom stereocenters. The van der Waals surface area contributed by atoms with E-state index in [4.69, 9.17) is 9.57 Å². The smallest absolute Gasteiger partial charge is 0.123 e. The number of nitrogens with one attached hydrogen (secondary N) is 1. The van der Waals surface area contributed by atoms with Crippen molar-refractivity contribution >= 4 is 11.8 Å². The van der Waals surface area contributed by atoms with Gasteiger partial charge in [-0.1, -0.05) is 12.1 Å². The van der Waals surface area contributed by atoms with Crippen molar-refractivity contribution < 1.29 is 9.57 Å². The molecule has 1 N–H and O–H groups in total. The summed E-state index contributed by atoms with van der Waals surface area (Å²) in [5.41, 5.74) is 5.48. The fourth-order valence-corrected chi connectivity index (χ4v) is 3.48. The monoisotopic (exact) mass is 267 g/mol. The van der Waals surface area contributed by atoms with Gasteiger partial charge < -0.3 is 9.57 Å². The molecule has 3 nitrogen and oxygen atoms in total. The van der Waals surface area contributed by atoms with Crippen LogP contribution in [-0.2, 0) is 11.4 Å². The van der Waals surface area contributed by atoms with Crippen LogP contribution in [0.25, 0.3) is 0 Å². The topological polar surface area (TPSA) is 30.5 Å². The zero-order valence-electron chi connectivity index (χ0n) is 11.1. The summed E-state index contributed by atoms with van der Waals surface area (Å²) in [5.74, 6) is 4.19. The van der Waals surface area contributed by atoms with Gasteiger partial charge in [0.15, 0.2) is 0 Å². The van der Waals surface area contributed by atoms with Crippen molar-refractivity contribution in [3.8, 4) is 5.75 Å². The largest absolute Gasteiger partial charge is 0.496 e. The third kappa shape index (κ3) is 3.40. The predicted octanol–water partition coefficient (Wildman–Crippen LogP) is 2.96. The molecule has 18 heavy (non-hydrogen) atoms. The van der Waals surface area contributed by atoms with Crippen molar-refractivity contribution in [3.05, 3.63) is 29.3 Å². The molecule has 0 spiro atoms. The minimum atomic E-state index is 0.676. The van der Waals surface area contributed by atoms with Gasteiger partial charge in [-0.15, -0.1) is 0 Å². The van der Waals surface area contributed by atoms with E-state index in [0.717, 1.165) is 11.3 Å². The van der Waals surface area contributed by atoms with Gasteiger partial charge in [-0.25, -0.2) is 0 Å². The molecule has 0 aromatic heterocycles. The molecule has 0 unspecified atom stereocenters. The van der Waals surface area contributed by atoms with E-state index in [0.29, 0.717) is 12.5 Å². The van der Waals surface area contributed by atoms with Crippen LogP contribution in [0, 0.1) is 0 Å². The molecule has 1 aromatic carbocycles. The molecule has 0 amide bonds. The van der Waals surface area contributed by atoms with E-state index in [9.17, 15) is 0 Å². The zero-order chi connectivity index (χ0) is 12.8. The van der Waals surface area contributed by atoms with Crippen molar-refractivity contribution in [3.63, 3.8) is 0 Å². The zero-order valence-corrected chi connectivity index (χ0v) is 11.9. The lowest BCUT2D eigenvalue weighted by molar-refractivity contribution is 0.0861. The van der Waals surface area contributed by atoms with Gasteiger partial charge in [0.05, 0.1) is 14.2 Å². The maximum absolute atomic E-state index is 5.39. The maximum Gasteiger partial charge on any atom is 0.123 e. The lowest BCUT2D eigenvalue weighted by Crippen LogP contribution is -2.13. The highest BCUT2D eigenvalue weighted by Crippen LogP contribution is 2.33. The number of benzene rings is 1. The number of rotatable bonds is 5. The van der Waals surface area contributed by atoms with Gasteiger partial charge in [0.1, 0.15) is 5.75 Å². The Morgan fingerprint density at radius 2 is 2.06 bits per heavy atom. The number of hydrogen-bond donors (Lipinski definition) is 1. The molecule has 0 aliphatic carbocycles. The fraction of sp³-hybridized carbons (Fsp3) is 0.571. The van der Waals surface area contributed by atoms with E-state index in [-0.39, 0.29) is 0 Å². The van der Waals surface area contributed by atoms with E-state index >= 15 is 0 Å². The molecule has 0 saturated carbocycles. The first kappa shape index (κ1) is 13.7. The summed E-state index contributed by atoms with van der Waals surface area (Å²) in [6.07, 6.45) is 2.57. The van der Waals surface area contributed by atoms with E-state index in [2.05, 4.69) is 35.4 Å². The molecule has 1 aliphatic heterocycles. The highest BCUT2D eigenvalue weighted by molar-refractivity contribution is 7.99. The third-order valence-corrected chi connectivity index (χ3v) is 4.45. The quantitative estimate of drug-likeness (QED) is 0.831. The van der Waals surface area contributed by atoms with Gasteiger partial charge in [-0.05, 0) is 41.9 Å². The third-order valence-electron chi connectivity index (χ3n) is 3.40. The SMILES string of the molecule is CONCc1cc(C2CCSCC2)ccc1OC. The Bertz CT molecular complexity index is 378. The summed E-state index contributed by atoms with van der Waals surface area (Å²) in [6.45, 7) is 0.676. The second-order valence-electron chi connectivity index (χ2n) is 4.48. The van der Waals surface area contributed by atoms with E-state index in [1.54, 1.807) is 14.2 Å². The highest BCUT2D eigenvalue weighted by Gasteiger charge is 2.17. The Labute approximate surface area is 113 Å². The van der Waals surface area contributed by atoms with E-state index in [1.807, 2.05) is 0 Å². The molecule has 1 heterocycles. The molecule has 1 aromatic rings. The van der Waals surface area contributed by atoms with Gasteiger partial charge in [-0.3, -0.25) is 0 Å². The Kier molecular flexibility index (Phi) is 5.35. The van der Waals surface area contributed by atoms with Gasteiger partial charge in [0.2, 0.25) is 0 Å². The summed E-state index contributed by atoms with van der Waals surface area (Å²) in [7, 11) is 3.34. The molecule has 4 heteroatoms. The average molecular weight is 267 g/mol. The van der Waals surface area contributed by atoms with Crippen LogP contribution in [0.1, 0.15) is 29.9 Å². The van der Waals surface area contributed by atoms with Gasteiger partial charge >= 0.3 is 0 Å². The van der Waals surface area contributed by atoms with Crippen LogP contribution in [-0.4, -0.2) is 25.7 Å². The van der Waals surface area contributed by atoms with E-state index in [1.165, 1.54) is 29.9 Å². The summed E-state index contributed by atoms with van der Waals surface area (Å²) < 4.78 is 5.39. The molecule has 0 bridgehead atoms. The number of hydroxylamine groups is 1. The van der Waals surface area contributed by atoms with Crippen molar-refractivity contribution in [2.24, 2.45) is 0 Å². The van der Waals surface area contributed by atoms with Crippen LogP contribution in [0.4, 0.5) is 0 Å². The lowest BCUT2D eigenvalue weighted by Gasteiger charge is -2.23. The molecule has 1 aliphatic rings. The molecular formula is C14H21NO2S. The first-order valence-corrected chi connectivity index (χ1v) is 7.51. The summed E-state index contributed by atoms with van der Waals surface area (Å²) in [4.78, 5) is 4.92. The molecule has 0 radical (unpaired) electrons. The first-order valence-electron chi connectivity index (χ1n) is 6.35. The second kappa shape index (κ2) is 7.02. The van der Waals surface area contributed by atoms with Crippen molar-refractivity contribution in [2.75, 3.05) is 25.7 Å². The summed E-state index contributed by atoms with van der Waals surface area (Å²) in [6, 6.07) is 6.53. The fourth-order valence-electron chi connectivity index (χ4n) is 2.37. The minimum absolute atomic E-state index is 0.676. The highest BCUT2D eigenvalue weighted by atomic mass is 32.2. The Hall–Kier alpha value is -0.710. The lowest BCUT2D eigenvalue weighted by atomic mass is 9.92. The van der Waals surface area contributed by atoms with Gasteiger partial charge in [0, 0.05) is 12.1 Å². The van der Waals surface area contributed by atoms with Crippen molar-refractivity contribution in [2.45, 2.75) is 25.3 Å². The molecule has 1 saturated heterocycles. The molecule has 100 valence electrons. The molecule has 2 rings (SSSR count). The summed E-state index contributed by atoms with van der Waals surface area (Å²) >= 11 is 2.06. The number of methoxy groups -OCH3 is 1. The van der Waals surface area contributed by atoms with Gasteiger partial charge in [-0.2, -0.15) is 17.2 Å². The van der Waals surface area contributed by atoms with Gasteiger partial charge in [0.25, 0.3) is 0 Å². The molecule has 1 fully saturated rings. The normalized spacial score (nSPS) is 16.8. The Morgan fingerprint density at radius 1 is 1.28 bits per heavy atom. The van der Waals surface area contributed by atoms with Crippen LogP contribution in [0.5, 0.6) is 5.75 Å². The van der Waals surface area contributed by atoms with Crippen molar-refractivity contribution in [1.82, 2.24) is 5.48 Å². The maximum atomic E-state index is 5.39. The molecular weight excluding hydrogens is 246 g/mol. The average Bonchev–Trinajstić information content (AvgIpc) is 2.45. The standard InChI is InChI=1S/C14H21NO2S/c1-16-14-4-3-12(9-13(14)10-15-17-2)11-5-7-18-8-6-11/h3-4,9,11,15H,5-8,10H2,1-2H3. The minimum Gasteiger partial charge on any atom is -0.496 e. The van der Waals surface area contributed by atoms with Crippen LogP contribution in [0.15, 0.2) is 18.2 Å². The van der Waals surface area contributed by atoms with E-state index < -0.39 is 0 Å². The second-order valence-corrected chi connectivity index (χ2v) is 5.71. The predicted molar refractivity (Wildman–Crippen MR) is 76.1 cm³/mol. The number of thioether (sulfide) groups is 1. The van der Waals surface area contributed by atoms with Crippen LogP contribution in [0.3, 0.4) is 0 Å². The Morgan fingerprint density at radius 3 is 2.72 bits per heavy atom. The van der Waals surface area contributed by atoms with Crippen molar-refractivity contribution in [1.29, 1.82) is 0 Å². The van der Waals surface area contributed by atoms with Crippen LogP contribution >= 0.6 is 11.8 Å². The number of ether oxygens (including phenoxy) is 1. The van der Waals surface area contributed by atoms with Crippen LogP contribution in [0.2, 0.25) is 0 Å². The number of hydrogen-bond acceptors (Lipinski definition) is 4. The summed E-state index contributed by atoms with van der Waals surface area (Å²) in [5, 5.41) is 0.